The lowest BCUT2D eigenvalue weighted by atomic mass is 9.54. The summed E-state index contributed by atoms with van der Waals surface area (Å²) in [5, 5.41) is 0.143. The van der Waals surface area contributed by atoms with Crippen LogP contribution >= 0.6 is 11.8 Å². The zero-order valence-corrected chi connectivity index (χ0v) is 16.7. The molecule has 3 aromatic carbocycles. The summed E-state index contributed by atoms with van der Waals surface area (Å²) in [6.45, 7) is 0. The number of carbonyl (C=O) groups is 1. The van der Waals surface area contributed by atoms with Crippen molar-refractivity contribution in [3.63, 3.8) is 0 Å². The highest BCUT2D eigenvalue weighted by atomic mass is 32.2. The number of thioether (sulfide) groups is 1. The van der Waals surface area contributed by atoms with Crippen molar-refractivity contribution < 1.29 is 4.79 Å². The standard InChI is InChI=1S/C27H19OS/c28-26(18-9-1-2-10-18)29-17-27-22-14-6-3-11-19(22)25(20-12-4-7-15-23(20)27)21-13-5-8-16-24(21)27/h1-16,25H,17H2. The second kappa shape index (κ2) is 6.60. The minimum atomic E-state index is -0.300. The van der Waals surface area contributed by atoms with E-state index in [1.54, 1.807) is 0 Å². The molecule has 0 unspecified atom stereocenters. The Morgan fingerprint density at radius 3 is 1.66 bits per heavy atom. The molecule has 139 valence electrons. The molecule has 0 saturated heterocycles. The maximum atomic E-state index is 12.9. The first-order chi connectivity index (χ1) is 14.3. The molecule has 3 aromatic rings. The maximum absolute atomic E-state index is 12.9. The molecule has 4 aliphatic rings. The minimum Gasteiger partial charge on any atom is -0.287 e. The fourth-order valence-electron chi connectivity index (χ4n) is 5.35. The van der Waals surface area contributed by atoms with Gasteiger partial charge in [-0.15, -0.1) is 0 Å². The molecule has 1 saturated carbocycles. The maximum Gasteiger partial charge on any atom is 0.196 e. The second-order valence-electron chi connectivity index (χ2n) is 7.85. The number of carbonyl (C=O) groups excluding carboxylic acids is 1. The molecule has 1 fully saturated rings. The largest absolute Gasteiger partial charge is 0.287 e. The van der Waals surface area contributed by atoms with Gasteiger partial charge < -0.3 is 0 Å². The van der Waals surface area contributed by atoms with E-state index < -0.39 is 0 Å². The lowest BCUT2D eigenvalue weighted by Gasteiger charge is -2.50. The highest BCUT2D eigenvalue weighted by molar-refractivity contribution is 8.14. The Bertz CT molecular complexity index is 993. The van der Waals surface area contributed by atoms with Gasteiger partial charge in [0.05, 0.1) is 11.3 Å². The van der Waals surface area contributed by atoms with E-state index in [1.807, 2.05) is 25.7 Å². The van der Waals surface area contributed by atoms with Crippen LogP contribution in [0.1, 0.15) is 39.3 Å². The zero-order chi connectivity index (χ0) is 19.4. The number of benzene rings is 3. The molecular weight excluding hydrogens is 372 g/mol. The van der Waals surface area contributed by atoms with Gasteiger partial charge in [-0.2, -0.15) is 0 Å². The number of rotatable bonds is 3. The topological polar surface area (TPSA) is 17.1 Å². The van der Waals surface area contributed by atoms with Crippen molar-refractivity contribution in [2.75, 3.05) is 5.75 Å². The average molecular weight is 392 g/mol. The van der Waals surface area contributed by atoms with E-state index in [1.165, 1.54) is 45.1 Å². The van der Waals surface area contributed by atoms with Crippen molar-refractivity contribution >= 4 is 16.9 Å². The minimum absolute atomic E-state index is 0.143. The Balaban J connectivity index is 1.55. The van der Waals surface area contributed by atoms with Crippen LogP contribution in [-0.4, -0.2) is 10.9 Å². The molecule has 0 aliphatic heterocycles. The molecule has 5 radical (unpaired) electrons. The number of hydrogen-bond acceptors (Lipinski definition) is 2. The molecule has 7 rings (SSSR count). The van der Waals surface area contributed by atoms with Gasteiger partial charge in [-0.1, -0.05) is 84.6 Å². The molecule has 0 amide bonds. The third-order valence-corrected chi connectivity index (χ3v) is 7.59. The summed E-state index contributed by atoms with van der Waals surface area (Å²) in [4.78, 5) is 12.9. The highest BCUT2D eigenvalue weighted by Gasteiger charge is 2.51. The number of hydrogen-bond donors (Lipinski definition) is 0. The van der Waals surface area contributed by atoms with Crippen LogP contribution in [-0.2, 0) is 10.2 Å². The monoisotopic (exact) mass is 391 g/mol. The van der Waals surface area contributed by atoms with Crippen molar-refractivity contribution in [3.8, 4) is 0 Å². The first kappa shape index (κ1) is 17.5. The molecule has 1 nitrogen and oxygen atoms in total. The predicted molar refractivity (Wildman–Crippen MR) is 118 cm³/mol. The zero-order valence-electron chi connectivity index (χ0n) is 15.8. The molecule has 29 heavy (non-hydrogen) atoms. The van der Waals surface area contributed by atoms with E-state index in [-0.39, 0.29) is 16.4 Å². The van der Waals surface area contributed by atoms with Gasteiger partial charge in [0, 0.05) is 11.7 Å². The molecule has 0 spiro atoms. The Morgan fingerprint density at radius 2 is 1.17 bits per heavy atom. The molecule has 0 heterocycles. The van der Waals surface area contributed by atoms with Gasteiger partial charge in [0.25, 0.3) is 0 Å². The van der Waals surface area contributed by atoms with E-state index >= 15 is 0 Å². The lowest BCUT2D eigenvalue weighted by Crippen LogP contribution is -2.44. The van der Waals surface area contributed by atoms with Crippen LogP contribution in [0.2, 0.25) is 0 Å². The Hall–Kier alpha value is -2.32. The fourth-order valence-corrected chi connectivity index (χ4v) is 6.47. The van der Waals surface area contributed by atoms with Crippen molar-refractivity contribution in [1.82, 2.24) is 0 Å². The van der Waals surface area contributed by atoms with E-state index in [4.69, 9.17) is 0 Å². The first-order valence-corrected chi connectivity index (χ1v) is 11.0. The van der Waals surface area contributed by atoms with E-state index in [0.29, 0.717) is 5.75 Å². The fraction of sp³-hybridized carbons (Fsp3) is 0.111. The molecule has 2 bridgehead atoms. The SMILES string of the molecule is O=C(SCC12c3ccccc3C(c3ccccc31)c1ccccc12)[C]1[CH][CH][CH][CH]1. The van der Waals surface area contributed by atoms with Gasteiger partial charge in [-0.25, -0.2) is 0 Å². The summed E-state index contributed by atoms with van der Waals surface area (Å²) in [6.07, 6.45) is 7.66. The van der Waals surface area contributed by atoms with E-state index in [9.17, 15) is 4.79 Å². The van der Waals surface area contributed by atoms with Gasteiger partial charge in [0.2, 0.25) is 0 Å². The normalized spacial score (nSPS) is 24.1. The quantitative estimate of drug-likeness (QED) is 0.587. The van der Waals surface area contributed by atoms with Crippen molar-refractivity contribution in [1.29, 1.82) is 0 Å². The van der Waals surface area contributed by atoms with Crippen LogP contribution in [0.3, 0.4) is 0 Å². The smallest absolute Gasteiger partial charge is 0.196 e. The molecule has 2 heteroatoms. The molecule has 4 aliphatic carbocycles. The van der Waals surface area contributed by atoms with Crippen LogP contribution in [0.5, 0.6) is 0 Å². The van der Waals surface area contributed by atoms with Gasteiger partial charge in [-0.05, 0) is 59.1 Å². The van der Waals surface area contributed by atoms with Gasteiger partial charge in [-0.3, -0.25) is 4.79 Å². The predicted octanol–water partition coefficient (Wildman–Crippen LogP) is 5.49. The first-order valence-electron chi connectivity index (χ1n) is 9.98. The Morgan fingerprint density at radius 1 is 0.724 bits per heavy atom. The van der Waals surface area contributed by atoms with Crippen LogP contribution in [0.25, 0.3) is 0 Å². The summed E-state index contributed by atoms with van der Waals surface area (Å²) in [5.74, 6) is 1.76. The second-order valence-corrected chi connectivity index (χ2v) is 8.80. The highest BCUT2D eigenvalue weighted by Crippen LogP contribution is 2.59. The summed E-state index contributed by atoms with van der Waals surface area (Å²) < 4.78 is 0. The van der Waals surface area contributed by atoms with Crippen LogP contribution in [0.4, 0.5) is 0 Å². The molecule has 0 N–H and O–H groups in total. The van der Waals surface area contributed by atoms with Crippen molar-refractivity contribution in [2.24, 2.45) is 0 Å². The third-order valence-electron chi connectivity index (χ3n) is 6.51. The summed E-state index contributed by atoms with van der Waals surface area (Å²) in [5.41, 5.74) is 7.90. The van der Waals surface area contributed by atoms with Crippen molar-refractivity contribution in [2.45, 2.75) is 11.3 Å². The lowest BCUT2D eigenvalue weighted by molar-refractivity contribution is -0.108. The van der Waals surface area contributed by atoms with Crippen LogP contribution in [0, 0.1) is 31.6 Å². The Kier molecular flexibility index (Phi) is 3.99. The summed E-state index contributed by atoms with van der Waals surface area (Å²) in [6, 6.07) is 26.4. The Labute approximate surface area is 176 Å². The van der Waals surface area contributed by atoms with E-state index in [2.05, 4.69) is 72.8 Å². The third kappa shape index (κ3) is 2.39. The molecule has 0 atom stereocenters. The van der Waals surface area contributed by atoms with Crippen LogP contribution in [0.15, 0.2) is 72.8 Å². The molecular formula is C27H19OS. The summed E-state index contributed by atoms with van der Waals surface area (Å²) >= 11 is 1.44. The van der Waals surface area contributed by atoms with Gasteiger partial charge >= 0.3 is 0 Å². The molecule has 0 aromatic heterocycles. The average Bonchev–Trinajstić information content (AvgIpc) is 3.33. The summed E-state index contributed by atoms with van der Waals surface area (Å²) in [7, 11) is 0. The van der Waals surface area contributed by atoms with E-state index in [0.717, 1.165) is 5.92 Å². The van der Waals surface area contributed by atoms with Crippen LogP contribution < -0.4 is 0 Å². The van der Waals surface area contributed by atoms with Gasteiger partial charge in [0.1, 0.15) is 0 Å². The van der Waals surface area contributed by atoms with Crippen molar-refractivity contribution in [3.05, 3.63) is 138 Å². The van der Waals surface area contributed by atoms with Gasteiger partial charge in [0.15, 0.2) is 5.12 Å².